The van der Waals surface area contributed by atoms with E-state index in [0.717, 1.165) is 29.9 Å². The SMILES string of the molecule is Cc1ccc(N2CCC(C(=O)N3CCCN(c4ccc(F)cc4)CC3)C2=O)cc1. The maximum Gasteiger partial charge on any atom is 0.239 e. The number of anilines is 2. The lowest BCUT2D eigenvalue weighted by molar-refractivity contribution is -0.139. The van der Waals surface area contributed by atoms with Crippen molar-refractivity contribution in [3.63, 3.8) is 0 Å². The summed E-state index contributed by atoms with van der Waals surface area (Å²) in [5, 5.41) is 0. The molecule has 0 aliphatic carbocycles. The molecule has 2 aliphatic rings. The van der Waals surface area contributed by atoms with E-state index in [1.54, 1.807) is 17.0 Å². The van der Waals surface area contributed by atoms with E-state index in [-0.39, 0.29) is 17.6 Å². The summed E-state index contributed by atoms with van der Waals surface area (Å²) >= 11 is 0. The number of nitrogens with zero attached hydrogens (tertiary/aromatic N) is 3. The molecule has 0 radical (unpaired) electrons. The molecule has 29 heavy (non-hydrogen) atoms. The summed E-state index contributed by atoms with van der Waals surface area (Å²) in [6.45, 7) is 5.29. The van der Waals surface area contributed by atoms with Crippen LogP contribution in [0.2, 0.25) is 0 Å². The van der Waals surface area contributed by atoms with Gasteiger partial charge in [0.05, 0.1) is 0 Å². The van der Waals surface area contributed by atoms with Crippen molar-refractivity contribution in [3.8, 4) is 0 Å². The van der Waals surface area contributed by atoms with Crippen LogP contribution in [0.4, 0.5) is 15.8 Å². The first-order valence-electron chi connectivity index (χ1n) is 10.2. The molecule has 2 heterocycles. The van der Waals surface area contributed by atoms with E-state index >= 15 is 0 Å². The summed E-state index contributed by atoms with van der Waals surface area (Å²) in [6.07, 6.45) is 1.38. The van der Waals surface area contributed by atoms with Crippen molar-refractivity contribution in [2.24, 2.45) is 5.92 Å². The molecular weight excluding hydrogens is 369 g/mol. The predicted octanol–water partition coefficient (Wildman–Crippen LogP) is 3.23. The summed E-state index contributed by atoms with van der Waals surface area (Å²) < 4.78 is 13.2. The molecule has 1 atom stereocenters. The molecule has 6 heteroatoms. The highest BCUT2D eigenvalue weighted by Gasteiger charge is 2.39. The van der Waals surface area contributed by atoms with Gasteiger partial charge in [-0.3, -0.25) is 9.59 Å². The van der Waals surface area contributed by atoms with Crippen LogP contribution in [0.25, 0.3) is 0 Å². The van der Waals surface area contributed by atoms with Gasteiger partial charge in [-0.2, -0.15) is 0 Å². The quantitative estimate of drug-likeness (QED) is 0.750. The molecule has 2 aromatic carbocycles. The van der Waals surface area contributed by atoms with E-state index in [1.165, 1.54) is 12.1 Å². The van der Waals surface area contributed by atoms with Crippen molar-refractivity contribution < 1.29 is 14.0 Å². The Morgan fingerprint density at radius 1 is 0.897 bits per heavy atom. The van der Waals surface area contributed by atoms with Gasteiger partial charge in [0.1, 0.15) is 11.7 Å². The fraction of sp³-hybridized carbons (Fsp3) is 0.391. The van der Waals surface area contributed by atoms with Crippen LogP contribution in [-0.4, -0.2) is 49.4 Å². The minimum absolute atomic E-state index is 0.0643. The van der Waals surface area contributed by atoms with Crippen molar-refractivity contribution in [1.29, 1.82) is 0 Å². The first-order valence-corrected chi connectivity index (χ1v) is 10.2. The Balaban J connectivity index is 1.40. The van der Waals surface area contributed by atoms with Crippen LogP contribution >= 0.6 is 0 Å². The highest BCUT2D eigenvalue weighted by atomic mass is 19.1. The van der Waals surface area contributed by atoms with Crippen LogP contribution < -0.4 is 9.80 Å². The van der Waals surface area contributed by atoms with E-state index in [1.807, 2.05) is 36.1 Å². The molecule has 2 saturated heterocycles. The lowest BCUT2D eigenvalue weighted by atomic mass is 10.1. The molecule has 152 valence electrons. The predicted molar refractivity (Wildman–Crippen MR) is 111 cm³/mol. The lowest BCUT2D eigenvalue weighted by Crippen LogP contribution is -2.42. The van der Waals surface area contributed by atoms with Gasteiger partial charge in [0.15, 0.2) is 0 Å². The second kappa shape index (κ2) is 8.23. The summed E-state index contributed by atoms with van der Waals surface area (Å²) in [4.78, 5) is 31.7. The van der Waals surface area contributed by atoms with Crippen molar-refractivity contribution in [2.75, 3.05) is 42.5 Å². The summed E-state index contributed by atoms with van der Waals surface area (Å²) in [5.74, 6) is -1.00. The van der Waals surface area contributed by atoms with Crippen LogP contribution in [0, 0.1) is 18.7 Å². The number of halogens is 1. The van der Waals surface area contributed by atoms with Gasteiger partial charge in [0.2, 0.25) is 11.8 Å². The molecule has 0 aromatic heterocycles. The average Bonchev–Trinajstić information content (AvgIpc) is 2.95. The zero-order valence-corrected chi connectivity index (χ0v) is 16.7. The fourth-order valence-electron chi connectivity index (χ4n) is 4.16. The number of hydrogen-bond acceptors (Lipinski definition) is 3. The summed E-state index contributed by atoms with van der Waals surface area (Å²) in [6, 6.07) is 14.3. The number of carbonyl (C=O) groups excluding carboxylic acids is 2. The van der Waals surface area contributed by atoms with E-state index in [2.05, 4.69) is 4.90 Å². The largest absolute Gasteiger partial charge is 0.370 e. The Hall–Kier alpha value is -2.89. The summed E-state index contributed by atoms with van der Waals surface area (Å²) in [5.41, 5.74) is 2.96. The second-order valence-electron chi connectivity index (χ2n) is 7.81. The van der Waals surface area contributed by atoms with Crippen LogP contribution in [0.15, 0.2) is 48.5 Å². The van der Waals surface area contributed by atoms with Crippen LogP contribution in [0.5, 0.6) is 0 Å². The van der Waals surface area contributed by atoms with Crippen LogP contribution in [0.3, 0.4) is 0 Å². The minimum Gasteiger partial charge on any atom is -0.370 e. The number of hydrogen-bond donors (Lipinski definition) is 0. The van der Waals surface area contributed by atoms with Crippen molar-refractivity contribution in [3.05, 3.63) is 59.9 Å². The van der Waals surface area contributed by atoms with E-state index in [4.69, 9.17) is 0 Å². The lowest BCUT2D eigenvalue weighted by Gasteiger charge is -2.25. The molecule has 5 nitrogen and oxygen atoms in total. The number of rotatable bonds is 3. The first-order chi connectivity index (χ1) is 14.0. The van der Waals surface area contributed by atoms with Crippen LogP contribution in [0.1, 0.15) is 18.4 Å². The molecule has 4 rings (SSSR count). The van der Waals surface area contributed by atoms with E-state index < -0.39 is 5.92 Å². The standard InChI is InChI=1S/C23H26FN3O2/c1-17-3-7-20(8-4-17)27-14-11-21(23(27)29)22(28)26-13-2-12-25(15-16-26)19-9-5-18(24)6-10-19/h3-10,21H,2,11-16H2,1H3. The number of carbonyl (C=O) groups is 2. The normalized spacial score (nSPS) is 20.1. The van der Waals surface area contributed by atoms with Gasteiger partial charge < -0.3 is 14.7 Å². The molecule has 2 amide bonds. The van der Waals surface area contributed by atoms with Gasteiger partial charge in [0, 0.05) is 44.1 Å². The first kappa shape index (κ1) is 19.4. The molecule has 2 aliphatic heterocycles. The molecule has 2 fully saturated rings. The van der Waals surface area contributed by atoms with Gasteiger partial charge >= 0.3 is 0 Å². The topological polar surface area (TPSA) is 43.9 Å². The Bertz CT molecular complexity index is 882. The van der Waals surface area contributed by atoms with Crippen LogP contribution in [-0.2, 0) is 9.59 Å². The van der Waals surface area contributed by atoms with Gasteiger partial charge in [-0.25, -0.2) is 4.39 Å². The second-order valence-corrected chi connectivity index (χ2v) is 7.81. The molecule has 0 bridgehead atoms. The third-order valence-electron chi connectivity index (χ3n) is 5.85. The van der Waals surface area contributed by atoms with Crippen molar-refractivity contribution in [2.45, 2.75) is 19.8 Å². The smallest absolute Gasteiger partial charge is 0.239 e. The fourth-order valence-corrected chi connectivity index (χ4v) is 4.16. The molecular formula is C23H26FN3O2. The monoisotopic (exact) mass is 395 g/mol. The molecule has 1 unspecified atom stereocenters. The van der Waals surface area contributed by atoms with E-state index in [0.29, 0.717) is 32.6 Å². The number of benzene rings is 2. The van der Waals surface area contributed by atoms with Crippen molar-refractivity contribution in [1.82, 2.24) is 4.90 Å². The maximum atomic E-state index is 13.2. The molecule has 0 N–H and O–H groups in total. The third-order valence-corrected chi connectivity index (χ3v) is 5.85. The highest BCUT2D eigenvalue weighted by Crippen LogP contribution is 2.27. The molecule has 2 aromatic rings. The number of amides is 2. The zero-order valence-electron chi connectivity index (χ0n) is 16.7. The van der Waals surface area contributed by atoms with E-state index in [9.17, 15) is 14.0 Å². The Kier molecular flexibility index (Phi) is 5.51. The van der Waals surface area contributed by atoms with Gasteiger partial charge in [0.25, 0.3) is 0 Å². The third kappa shape index (κ3) is 4.11. The van der Waals surface area contributed by atoms with Gasteiger partial charge in [-0.05, 0) is 56.2 Å². The summed E-state index contributed by atoms with van der Waals surface area (Å²) in [7, 11) is 0. The zero-order chi connectivity index (χ0) is 20.4. The Labute approximate surface area is 170 Å². The molecule has 0 saturated carbocycles. The molecule has 0 spiro atoms. The minimum atomic E-state index is -0.589. The average molecular weight is 395 g/mol. The Morgan fingerprint density at radius 3 is 2.31 bits per heavy atom. The van der Waals surface area contributed by atoms with Gasteiger partial charge in [-0.15, -0.1) is 0 Å². The maximum absolute atomic E-state index is 13.2. The highest BCUT2D eigenvalue weighted by molar-refractivity contribution is 6.09. The van der Waals surface area contributed by atoms with Gasteiger partial charge in [-0.1, -0.05) is 17.7 Å². The van der Waals surface area contributed by atoms with Crippen molar-refractivity contribution >= 4 is 23.2 Å². The number of aryl methyl sites for hydroxylation is 1. The Morgan fingerprint density at radius 2 is 1.59 bits per heavy atom.